The Morgan fingerprint density at radius 3 is 2.43 bits per heavy atom. The molecule has 7 heteroatoms. The van der Waals surface area contributed by atoms with Crippen molar-refractivity contribution in [2.45, 2.75) is 24.6 Å². The molecule has 1 aromatic rings. The van der Waals surface area contributed by atoms with Crippen molar-refractivity contribution in [1.29, 1.82) is 0 Å². The van der Waals surface area contributed by atoms with Gasteiger partial charge >= 0.3 is 0 Å². The van der Waals surface area contributed by atoms with Gasteiger partial charge in [0.25, 0.3) is 0 Å². The molecular formula is C14H17ClN2O3S. The molecule has 1 aliphatic carbocycles. The lowest BCUT2D eigenvalue weighted by atomic mass is 10.0. The first-order valence-electron chi connectivity index (χ1n) is 6.98. The van der Waals surface area contributed by atoms with Crippen molar-refractivity contribution in [3.63, 3.8) is 0 Å². The zero-order valence-corrected chi connectivity index (χ0v) is 13.0. The van der Waals surface area contributed by atoms with Crippen molar-refractivity contribution in [1.82, 2.24) is 9.62 Å². The number of nitrogens with zero attached hydrogens (tertiary/aromatic N) is 1. The number of benzene rings is 1. The Hall–Kier alpha value is -1.11. The number of halogens is 1. The van der Waals surface area contributed by atoms with Crippen molar-refractivity contribution < 1.29 is 13.2 Å². The van der Waals surface area contributed by atoms with E-state index in [1.54, 1.807) is 12.1 Å². The van der Waals surface area contributed by atoms with E-state index in [1.807, 2.05) is 12.1 Å². The summed E-state index contributed by atoms with van der Waals surface area (Å²) in [6, 6.07) is 7.26. The predicted molar refractivity (Wildman–Crippen MR) is 80.3 cm³/mol. The normalized spacial score (nSPS) is 20.0. The molecule has 1 amide bonds. The average Bonchev–Trinajstić information content (AvgIpc) is 3.20. The molecule has 114 valence electrons. The molecule has 0 atom stereocenters. The molecule has 5 nitrogen and oxygen atoms in total. The Labute approximate surface area is 129 Å². The maximum absolute atomic E-state index is 12.0. The molecule has 1 saturated carbocycles. The Bertz CT molecular complexity index is 635. The van der Waals surface area contributed by atoms with Crippen LogP contribution in [0.2, 0.25) is 5.02 Å². The molecule has 1 heterocycles. The molecule has 1 saturated heterocycles. The van der Waals surface area contributed by atoms with E-state index in [4.69, 9.17) is 11.6 Å². The van der Waals surface area contributed by atoms with Gasteiger partial charge in [0.1, 0.15) is 0 Å². The van der Waals surface area contributed by atoms with Gasteiger partial charge in [-0.2, -0.15) is 4.31 Å². The highest BCUT2D eigenvalue weighted by atomic mass is 35.5. The largest absolute Gasteiger partial charge is 0.352 e. The zero-order valence-electron chi connectivity index (χ0n) is 11.5. The SMILES string of the molecule is O=C(NCc1ccc(Cl)cc1)C1CN(S(=O)(=O)C2CC2)C1. The van der Waals surface area contributed by atoms with E-state index in [0.717, 1.165) is 18.4 Å². The van der Waals surface area contributed by atoms with Crippen LogP contribution in [0.25, 0.3) is 0 Å². The molecule has 0 radical (unpaired) electrons. The molecule has 21 heavy (non-hydrogen) atoms. The summed E-state index contributed by atoms with van der Waals surface area (Å²) in [4.78, 5) is 12.0. The Kier molecular flexibility index (Phi) is 3.94. The second-order valence-electron chi connectivity index (χ2n) is 5.60. The first-order chi connectivity index (χ1) is 9.96. The van der Waals surface area contributed by atoms with E-state index < -0.39 is 10.0 Å². The van der Waals surface area contributed by atoms with Crippen LogP contribution in [0.4, 0.5) is 0 Å². The van der Waals surface area contributed by atoms with E-state index in [9.17, 15) is 13.2 Å². The smallest absolute Gasteiger partial charge is 0.226 e. The quantitative estimate of drug-likeness (QED) is 0.888. The van der Waals surface area contributed by atoms with E-state index >= 15 is 0 Å². The minimum atomic E-state index is -3.13. The second kappa shape index (κ2) is 5.59. The van der Waals surface area contributed by atoms with Gasteiger partial charge < -0.3 is 5.32 Å². The Morgan fingerprint density at radius 1 is 1.24 bits per heavy atom. The summed E-state index contributed by atoms with van der Waals surface area (Å²) in [7, 11) is -3.13. The van der Waals surface area contributed by atoms with Crippen molar-refractivity contribution in [2.24, 2.45) is 5.92 Å². The van der Waals surface area contributed by atoms with E-state index in [-0.39, 0.29) is 17.1 Å². The van der Waals surface area contributed by atoms with Crippen LogP contribution in [-0.4, -0.2) is 37.0 Å². The Balaban J connectivity index is 1.46. The number of hydrogen-bond acceptors (Lipinski definition) is 3. The number of nitrogens with one attached hydrogen (secondary N) is 1. The van der Waals surface area contributed by atoms with Gasteiger partial charge in [-0.3, -0.25) is 4.79 Å². The lowest BCUT2D eigenvalue weighted by Gasteiger charge is -2.37. The second-order valence-corrected chi connectivity index (χ2v) is 8.25. The fourth-order valence-electron chi connectivity index (χ4n) is 2.32. The topological polar surface area (TPSA) is 66.5 Å². The first-order valence-corrected chi connectivity index (χ1v) is 8.86. The average molecular weight is 329 g/mol. The number of carbonyl (C=O) groups is 1. The van der Waals surface area contributed by atoms with Crippen LogP contribution in [0, 0.1) is 5.92 Å². The highest BCUT2D eigenvalue weighted by Crippen LogP contribution is 2.34. The molecule has 2 fully saturated rings. The predicted octanol–water partition coefficient (Wildman–Crippen LogP) is 1.38. The number of hydrogen-bond donors (Lipinski definition) is 1. The molecule has 3 rings (SSSR count). The maximum Gasteiger partial charge on any atom is 0.226 e. The molecule has 1 aromatic carbocycles. The van der Waals surface area contributed by atoms with Crippen LogP contribution in [-0.2, 0) is 21.4 Å². The van der Waals surface area contributed by atoms with Crippen molar-refractivity contribution in [3.05, 3.63) is 34.9 Å². The fourth-order valence-corrected chi connectivity index (χ4v) is 4.38. The number of sulfonamides is 1. The summed E-state index contributed by atoms with van der Waals surface area (Å²) < 4.78 is 25.3. The molecule has 0 spiro atoms. The lowest BCUT2D eigenvalue weighted by Crippen LogP contribution is -2.56. The minimum Gasteiger partial charge on any atom is -0.352 e. The zero-order chi connectivity index (χ0) is 15.0. The molecule has 1 aliphatic heterocycles. The van der Waals surface area contributed by atoms with E-state index in [0.29, 0.717) is 24.7 Å². The molecule has 1 N–H and O–H groups in total. The molecule has 0 bridgehead atoms. The van der Waals surface area contributed by atoms with Crippen LogP contribution < -0.4 is 5.32 Å². The van der Waals surface area contributed by atoms with Gasteiger partial charge in [0.2, 0.25) is 15.9 Å². The molecule has 0 aromatic heterocycles. The van der Waals surface area contributed by atoms with Gasteiger partial charge in [-0.25, -0.2) is 8.42 Å². The standard InChI is InChI=1S/C14H17ClN2O3S/c15-12-3-1-10(2-4-12)7-16-14(18)11-8-17(9-11)21(19,20)13-5-6-13/h1-4,11,13H,5-9H2,(H,16,18). The van der Waals surface area contributed by atoms with Crippen LogP contribution in [0.3, 0.4) is 0 Å². The van der Waals surface area contributed by atoms with Gasteiger partial charge in [0, 0.05) is 24.7 Å². The molecule has 0 unspecified atom stereocenters. The highest BCUT2D eigenvalue weighted by molar-refractivity contribution is 7.90. The van der Waals surface area contributed by atoms with Crippen LogP contribution in [0.15, 0.2) is 24.3 Å². The summed E-state index contributed by atoms with van der Waals surface area (Å²) in [5, 5.41) is 3.29. The van der Waals surface area contributed by atoms with Crippen molar-refractivity contribution in [2.75, 3.05) is 13.1 Å². The first kappa shape index (κ1) is 14.8. The van der Waals surface area contributed by atoms with Crippen molar-refractivity contribution >= 4 is 27.5 Å². The molecule has 2 aliphatic rings. The van der Waals surface area contributed by atoms with Gasteiger partial charge in [-0.05, 0) is 30.5 Å². The highest BCUT2D eigenvalue weighted by Gasteiger charge is 2.46. The summed E-state index contributed by atoms with van der Waals surface area (Å²) in [5.41, 5.74) is 0.967. The summed E-state index contributed by atoms with van der Waals surface area (Å²) in [5.74, 6) is -0.321. The van der Waals surface area contributed by atoms with E-state index in [1.165, 1.54) is 4.31 Å². The van der Waals surface area contributed by atoms with Crippen LogP contribution in [0.5, 0.6) is 0 Å². The fraction of sp³-hybridized carbons (Fsp3) is 0.500. The number of amides is 1. The van der Waals surface area contributed by atoms with Gasteiger partial charge in [-0.1, -0.05) is 23.7 Å². The van der Waals surface area contributed by atoms with Gasteiger partial charge in [0.15, 0.2) is 0 Å². The molecular weight excluding hydrogens is 312 g/mol. The third-order valence-corrected chi connectivity index (χ3v) is 6.49. The van der Waals surface area contributed by atoms with E-state index in [2.05, 4.69) is 5.32 Å². The van der Waals surface area contributed by atoms with Crippen LogP contribution >= 0.6 is 11.6 Å². The van der Waals surface area contributed by atoms with Crippen molar-refractivity contribution in [3.8, 4) is 0 Å². The maximum atomic E-state index is 12.0. The van der Waals surface area contributed by atoms with Crippen LogP contribution in [0.1, 0.15) is 18.4 Å². The Morgan fingerprint density at radius 2 is 1.86 bits per heavy atom. The lowest BCUT2D eigenvalue weighted by molar-refractivity contribution is -0.128. The summed E-state index contributed by atoms with van der Waals surface area (Å²) in [6.45, 7) is 1.05. The third kappa shape index (κ3) is 3.22. The monoisotopic (exact) mass is 328 g/mol. The third-order valence-electron chi connectivity index (χ3n) is 3.90. The number of carbonyl (C=O) groups excluding carboxylic acids is 1. The number of rotatable bonds is 5. The summed E-state index contributed by atoms with van der Waals surface area (Å²) in [6.07, 6.45) is 1.51. The van der Waals surface area contributed by atoms with Gasteiger partial charge in [-0.15, -0.1) is 0 Å². The van der Waals surface area contributed by atoms with Gasteiger partial charge in [0.05, 0.1) is 11.2 Å². The summed E-state index contributed by atoms with van der Waals surface area (Å²) >= 11 is 5.80. The minimum absolute atomic E-state index is 0.0906.